The molecule has 1 heterocycles. The van der Waals surface area contributed by atoms with E-state index in [-0.39, 0.29) is 5.92 Å². The van der Waals surface area contributed by atoms with Crippen LogP contribution in [0.15, 0.2) is 24.3 Å². The van der Waals surface area contributed by atoms with Crippen molar-refractivity contribution in [2.45, 2.75) is 38.2 Å². The fourth-order valence-corrected chi connectivity index (χ4v) is 3.45. The fourth-order valence-electron chi connectivity index (χ4n) is 3.45. The van der Waals surface area contributed by atoms with E-state index in [0.29, 0.717) is 25.1 Å². The molecule has 2 atom stereocenters. The van der Waals surface area contributed by atoms with E-state index in [1.54, 1.807) is 11.7 Å². The predicted octanol–water partition coefficient (Wildman–Crippen LogP) is 1.21. The zero-order valence-electron chi connectivity index (χ0n) is 16.1. The molecule has 3 N–H and O–H groups in total. The van der Waals surface area contributed by atoms with Gasteiger partial charge >= 0.3 is 0 Å². The van der Waals surface area contributed by atoms with Crippen LogP contribution in [0.2, 0.25) is 0 Å². The van der Waals surface area contributed by atoms with Gasteiger partial charge < -0.3 is 15.7 Å². The summed E-state index contributed by atoms with van der Waals surface area (Å²) in [5.41, 5.74) is 9.36. The summed E-state index contributed by atoms with van der Waals surface area (Å²) in [6.07, 6.45) is 2.09. The quantitative estimate of drug-likeness (QED) is 0.581. The van der Waals surface area contributed by atoms with Gasteiger partial charge in [-0.15, -0.1) is 0 Å². The minimum Gasteiger partial charge on any atom is -0.380 e. The Morgan fingerprint density at radius 1 is 1.54 bits per heavy atom. The van der Waals surface area contributed by atoms with Crippen LogP contribution < -0.4 is 5.73 Å². The number of primary amides is 1. The number of hydrogen-bond acceptors (Lipinski definition) is 4. The number of aromatic nitrogens is 2. The van der Waals surface area contributed by atoms with Gasteiger partial charge in [-0.05, 0) is 37.0 Å². The highest BCUT2D eigenvalue weighted by Crippen LogP contribution is 2.36. The molecule has 2 aromatic rings. The number of carbonyl (C=O) groups excluding carboxylic acids is 2. The van der Waals surface area contributed by atoms with E-state index in [1.807, 2.05) is 24.3 Å². The highest BCUT2D eigenvalue weighted by molar-refractivity contribution is 5.93. The molecule has 0 spiro atoms. The van der Waals surface area contributed by atoms with E-state index in [4.69, 9.17) is 5.73 Å². The number of aliphatic hydroxyl groups is 1. The minimum atomic E-state index is -0.817. The average molecular weight is 380 g/mol. The zero-order valence-corrected chi connectivity index (χ0v) is 16.1. The molecule has 0 aliphatic heterocycles. The second kappa shape index (κ2) is 8.28. The van der Waals surface area contributed by atoms with Gasteiger partial charge in [-0.25, -0.2) is 4.68 Å². The lowest BCUT2D eigenvalue weighted by Crippen LogP contribution is -2.21. The molecule has 2 amide bonds. The van der Waals surface area contributed by atoms with Crippen molar-refractivity contribution in [2.75, 3.05) is 13.6 Å². The van der Waals surface area contributed by atoms with Crippen LogP contribution in [-0.2, 0) is 11.2 Å². The molecule has 0 saturated heterocycles. The Balaban J connectivity index is 1.85. The van der Waals surface area contributed by atoms with Crippen molar-refractivity contribution < 1.29 is 14.7 Å². The van der Waals surface area contributed by atoms with Gasteiger partial charge in [-0.1, -0.05) is 24.8 Å². The van der Waals surface area contributed by atoms with Gasteiger partial charge in [0.2, 0.25) is 6.41 Å². The molecule has 0 bridgehead atoms. The van der Waals surface area contributed by atoms with Crippen molar-refractivity contribution >= 4 is 12.3 Å². The second-order valence-corrected chi connectivity index (χ2v) is 7.13. The number of nitrogens with zero attached hydrogens (tertiary/aromatic N) is 3. The third kappa shape index (κ3) is 4.07. The first kappa shape index (κ1) is 19.6. The summed E-state index contributed by atoms with van der Waals surface area (Å²) in [4.78, 5) is 23.8. The predicted molar refractivity (Wildman–Crippen MR) is 105 cm³/mol. The topological polar surface area (TPSA) is 101 Å². The van der Waals surface area contributed by atoms with Crippen molar-refractivity contribution in [1.29, 1.82) is 0 Å². The maximum atomic E-state index is 11.8. The number of hydrogen-bond donors (Lipinski definition) is 2. The van der Waals surface area contributed by atoms with Crippen LogP contribution >= 0.6 is 0 Å². The smallest absolute Gasteiger partial charge is 0.269 e. The number of carbonyl (C=O) groups is 2. The SMILES string of the molecule is C[C@@H]1CCc2c1c(C(N)=O)nn2-c1cccc(C#C[C@H](O)CCN(C)C=O)c1. The summed E-state index contributed by atoms with van der Waals surface area (Å²) in [5.74, 6) is 5.51. The molecule has 1 aliphatic carbocycles. The minimum absolute atomic E-state index is 0.258. The molecule has 7 nitrogen and oxygen atoms in total. The molecule has 0 saturated carbocycles. The van der Waals surface area contributed by atoms with E-state index in [1.165, 1.54) is 4.90 Å². The number of nitrogens with two attached hydrogens (primary N) is 1. The van der Waals surface area contributed by atoms with Crippen LogP contribution in [0.1, 0.15) is 53.0 Å². The molecule has 1 aromatic heterocycles. The molecule has 28 heavy (non-hydrogen) atoms. The third-order valence-electron chi connectivity index (χ3n) is 4.97. The highest BCUT2D eigenvalue weighted by atomic mass is 16.3. The molecule has 1 aliphatic rings. The summed E-state index contributed by atoms with van der Waals surface area (Å²) >= 11 is 0. The maximum absolute atomic E-state index is 11.8. The monoisotopic (exact) mass is 380 g/mol. The molecule has 146 valence electrons. The average Bonchev–Trinajstić information content (AvgIpc) is 3.25. The largest absolute Gasteiger partial charge is 0.380 e. The number of fused-ring (bicyclic) bond motifs is 1. The first-order chi connectivity index (χ1) is 13.4. The normalized spacial score (nSPS) is 16.0. The Labute approximate surface area is 164 Å². The Hall–Kier alpha value is -3.11. The lowest BCUT2D eigenvalue weighted by atomic mass is 10.0. The van der Waals surface area contributed by atoms with E-state index in [0.717, 1.165) is 35.3 Å². The van der Waals surface area contributed by atoms with Crippen molar-refractivity contribution in [3.8, 4) is 17.5 Å². The van der Waals surface area contributed by atoms with Crippen molar-refractivity contribution in [1.82, 2.24) is 14.7 Å². The number of rotatable bonds is 6. The molecule has 3 rings (SSSR count). The third-order valence-corrected chi connectivity index (χ3v) is 4.97. The summed E-state index contributed by atoms with van der Waals surface area (Å²) in [7, 11) is 1.65. The Morgan fingerprint density at radius 3 is 3.04 bits per heavy atom. The van der Waals surface area contributed by atoms with Crippen LogP contribution in [0.5, 0.6) is 0 Å². The Bertz CT molecular complexity index is 954. The molecule has 1 aromatic carbocycles. The molecular formula is C21H24N4O3. The van der Waals surface area contributed by atoms with Gasteiger partial charge in [-0.3, -0.25) is 9.59 Å². The first-order valence-electron chi connectivity index (χ1n) is 9.28. The lowest BCUT2D eigenvalue weighted by molar-refractivity contribution is -0.117. The lowest BCUT2D eigenvalue weighted by Gasteiger charge is -2.10. The first-order valence-corrected chi connectivity index (χ1v) is 9.28. The van der Waals surface area contributed by atoms with E-state index >= 15 is 0 Å². The van der Waals surface area contributed by atoms with Gasteiger partial charge in [0.15, 0.2) is 5.69 Å². The van der Waals surface area contributed by atoms with Crippen LogP contribution in [0.3, 0.4) is 0 Å². The van der Waals surface area contributed by atoms with Crippen molar-refractivity contribution in [2.24, 2.45) is 5.73 Å². The highest BCUT2D eigenvalue weighted by Gasteiger charge is 2.30. The maximum Gasteiger partial charge on any atom is 0.269 e. The van der Waals surface area contributed by atoms with Crippen LogP contribution in [0.4, 0.5) is 0 Å². The molecule has 0 radical (unpaired) electrons. The van der Waals surface area contributed by atoms with Gasteiger partial charge in [0.1, 0.15) is 6.10 Å². The van der Waals surface area contributed by atoms with Crippen LogP contribution in [0.25, 0.3) is 5.69 Å². The Kier molecular flexibility index (Phi) is 5.81. The van der Waals surface area contributed by atoms with Crippen LogP contribution in [-0.4, -0.2) is 51.8 Å². The molecule has 7 heteroatoms. The fraction of sp³-hybridized carbons (Fsp3) is 0.381. The summed E-state index contributed by atoms with van der Waals surface area (Å²) < 4.78 is 1.78. The summed E-state index contributed by atoms with van der Waals surface area (Å²) in [5, 5.41) is 14.4. The standard InChI is InChI=1S/C21H24N4O3/c1-14-6-9-18-19(14)20(21(22)28)23-25(18)16-5-3-4-15(12-16)7-8-17(27)10-11-24(2)13-26/h3-5,12-14,17,27H,6,9-11H2,1-2H3,(H2,22,28)/t14-,17+/m1/s1. The van der Waals surface area contributed by atoms with E-state index in [9.17, 15) is 14.7 Å². The number of amides is 2. The molecule has 0 fully saturated rings. The van der Waals surface area contributed by atoms with E-state index < -0.39 is 12.0 Å². The van der Waals surface area contributed by atoms with Gasteiger partial charge in [-0.2, -0.15) is 5.10 Å². The molecular weight excluding hydrogens is 356 g/mol. The second-order valence-electron chi connectivity index (χ2n) is 7.13. The van der Waals surface area contributed by atoms with E-state index in [2.05, 4.69) is 23.9 Å². The van der Waals surface area contributed by atoms with Gasteiger partial charge in [0.25, 0.3) is 5.91 Å². The molecule has 0 unspecified atom stereocenters. The zero-order chi connectivity index (χ0) is 20.3. The van der Waals surface area contributed by atoms with Crippen molar-refractivity contribution in [3.63, 3.8) is 0 Å². The summed E-state index contributed by atoms with van der Waals surface area (Å²) in [6, 6.07) is 7.49. The van der Waals surface area contributed by atoms with Gasteiger partial charge in [0, 0.05) is 36.8 Å². The van der Waals surface area contributed by atoms with Crippen LogP contribution in [0, 0.1) is 11.8 Å². The summed E-state index contributed by atoms with van der Waals surface area (Å²) in [6.45, 7) is 2.52. The number of benzene rings is 1. The van der Waals surface area contributed by atoms with Crippen molar-refractivity contribution in [3.05, 3.63) is 46.8 Å². The van der Waals surface area contributed by atoms with Gasteiger partial charge in [0.05, 0.1) is 5.69 Å². The number of aliphatic hydroxyl groups excluding tert-OH is 1. The Morgan fingerprint density at radius 2 is 2.32 bits per heavy atom.